The van der Waals surface area contributed by atoms with Gasteiger partial charge in [0.2, 0.25) is 0 Å². The van der Waals surface area contributed by atoms with Crippen molar-refractivity contribution in [2.24, 2.45) is 5.41 Å². The Hall–Kier alpha value is -2.11. The van der Waals surface area contributed by atoms with Crippen LogP contribution in [0.4, 0.5) is 0 Å². The Morgan fingerprint density at radius 1 is 1.32 bits per heavy atom. The zero-order valence-corrected chi connectivity index (χ0v) is 10.4. The van der Waals surface area contributed by atoms with E-state index in [0.29, 0.717) is 12.8 Å². The summed E-state index contributed by atoms with van der Waals surface area (Å²) in [5.41, 5.74) is -0.626. The summed E-state index contributed by atoms with van der Waals surface area (Å²) in [5, 5.41) is 21.2. The van der Waals surface area contributed by atoms with Crippen molar-refractivity contribution in [3.05, 3.63) is 24.0 Å². The highest BCUT2D eigenvalue weighted by molar-refractivity contribution is 5.94. The van der Waals surface area contributed by atoms with Gasteiger partial charge in [0.15, 0.2) is 0 Å². The fraction of sp³-hybridized carbons (Fsp3) is 0.462. The number of pyridine rings is 1. The van der Waals surface area contributed by atoms with Gasteiger partial charge in [-0.3, -0.25) is 14.6 Å². The Kier molecular flexibility index (Phi) is 3.69. The Morgan fingerprint density at radius 3 is 2.58 bits per heavy atom. The number of carbonyl (C=O) groups excluding carboxylic acids is 1. The summed E-state index contributed by atoms with van der Waals surface area (Å²) < 4.78 is 0. The van der Waals surface area contributed by atoms with Crippen LogP contribution in [0, 0.1) is 5.41 Å². The number of carboxylic acid groups (broad SMARTS) is 1. The maximum atomic E-state index is 11.9. The number of aromatic nitrogens is 1. The normalized spacial score (nSPS) is 17.1. The van der Waals surface area contributed by atoms with Crippen molar-refractivity contribution < 1.29 is 19.8 Å². The average molecular weight is 264 g/mol. The number of carboxylic acids is 1. The summed E-state index contributed by atoms with van der Waals surface area (Å²) in [6.45, 7) is 0.108. The van der Waals surface area contributed by atoms with Crippen molar-refractivity contribution in [3.8, 4) is 5.75 Å². The minimum Gasteiger partial charge on any atom is -0.506 e. The van der Waals surface area contributed by atoms with Crippen molar-refractivity contribution >= 4 is 11.9 Å². The lowest BCUT2D eigenvalue weighted by molar-refractivity contribution is -0.148. The Balaban J connectivity index is 2.02. The first-order valence-electron chi connectivity index (χ1n) is 6.19. The van der Waals surface area contributed by atoms with Crippen molar-refractivity contribution in [3.63, 3.8) is 0 Å². The molecule has 102 valence electrons. The lowest BCUT2D eigenvalue weighted by Crippen LogP contribution is -2.41. The molecule has 0 spiro atoms. The van der Waals surface area contributed by atoms with E-state index in [-0.39, 0.29) is 17.9 Å². The van der Waals surface area contributed by atoms with E-state index in [1.54, 1.807) is 0 Å². The number of amides is 1. The Labute approximate surface area is 110 Å². The summed E-state index contributed by atoms with van der Waals surface area (Å²) in [4.78, 5) is 26.9. The van der Waals surface area contributed by atoms with Gasteiger partial charge >= 0.3 is 5.97 Å². The first-order chi connectivity index (χ1) is 9.03. The minimum absolute atomic E-state index is 0.0959. The summed E-state index contributed by atoms with van der Waals surface area (Å²) in [6, 6.07) is 1.30. The topological polar surface area (TPSA) is 99.5 Å². The molecule has 19 heavy (non-hydrogen) atoms. The summed E-state index contributed by atoms with van der Waals surface area (Å²) in [6.07, 6.45) is 5.47. The maximum absolute atomic E-state index is 11.9. The van der Waals surface area contributed by atoms with Crippen LogP contribution in [0.15, 0.2) is 18.5 Å². The number of nitrogens with one attached hydrogen (secondary N) is 1. The number of aromatic hydroxyl groups is 1. The van der Waals surface area contributed by atoms with Crippen LogP contribution in [0.2, 0.25) is 0 Å². The molecule has 0 atom stereocenters. The Bertz CT molecular complexity index is 495. The van der Waals surface area contributed by atoms with Crippen molar-refractivity contribution in [1.29, 1.82) is 0 Å². The molecule has 0 radical (unpaired) electrons. The highest BCUT2D eigenvalue weighted by Gasteiger charge is 2.41. The fourth-order valence-corrected chi connectivity index (χ4v) is 2.42. The van der Waals surface area contributed by atoms with E-state index in [1.807, 2.05) is 0 Å². The van der Waals surface area contributed by atoms with E-state index in [4.69, 9.17) is 0 Å². The van der Waals surface area contributed by atoms with Crippen molar-refractivity contribution in [2.45, 2.75) is 25.7 Å². The summed E-state index contributed by atoms with van der Waals surface area (Å²) in [7, 11) is 0. The van der Waals surface area contributed by atoms with Gasteiger partial charge in [-0.05, 0) is 18.9 Å². The molecule has 1 aliphatic rings. The monoisotopic (exact) mass is 264 g/mol. The van der Waals surface area contributed by atoms with Gasteiger partial charge in [0.25, 0.3) is 5.91 Å². The van der Waals surface area contributed by atoms with E-state index in [0.717, 1.165) is 12.8 Å². The van der Waals surface area contributed by atoms with Gasteiger partial charge in [0.05, 0.1) is 17.2 Å². The largest absolute Gasteiger partial charge is 0.506 e. The van der Waals surface area contributed by atoms with E-state index in [2.05, 4.69) is 10.3 Å². The molecule has 2 rings (SSSR count). The molecule has 0 aromatic carbocycles. The number of nitrogens with zero attached hydrogens (tertiary/aromatic N) is 1. The molecule has 1 heterocycles. The molecule has 0 aliphatic heterocycles. The molecule has 0 saturated heterocycles. The maximum Gasteiger partial charge on any atom is 0.311 e. The van der Waals surface area contributed by atoms with E-state index < -0.39 is 17.3 Å². The quantitative estimate of drug-likeness (QED) is 0.757. The summed E-state index contributed by atoms with van der Waals surface area (Å²) >= 11 is 0. The van der Waals surface area contributed by atoms with Gasteiger partial charge in [-0.15, -0.1) is 0 Å². The molecule has 6 heteroatoms. The number of aliphatic carboxylic acids is 1. The van der Waals surface area contributed by atoms with E-state index >= 15 is 0 Å². The molecule has 0 bridgehead atoms. The van der Waals surface area contributed by atoms with Crippen LogP contribution in [-0.4, -0.2) is 33.6 Å². The van der Waals surface area contributed by atoms with Crippen LogP contribution in [0.25, 0.3) is 0 Å². The SMILES string of the molecule is O=C(NCC1(C(=O)O)CCCC1)c1cncc(O)c1. The molecule has 1 saturated carbocycles. The van der Waals surface area contributed by atoms with Crippen LogP contribution in [0.3, 0.4) is 0 Å². The first-order valence-corrected chi connectivity index (χ1v) is 6.19. The van der Waals surface area contributed by atoms with Crippen molar-refractivity contribution in [2.75, 3.05) is 6.54 Å². The smallest absolute Gasteiger partial charge is 0.311 e. The van der Waals surface area contributed by atoms with Crippen LogP contribution < -0.4 is 5.32 Å². The minimum atomic E-state index is -0.862. The third kappa shape index (κ3) is 2.83. The van der Waals surface area contributed by atoms with Gasteiger partial charge in [-0.2, -0.15) is 0 Å². The highest BCUT2D eigenvalue weighted by Crippen LogP contribution is 2.37. The van der Waals surface area contributed by atoms with Gasteiger partial charge < -0.3 is 15.5 Å². The van der Waals surface area contributed by atoms with Crippen LogP contribution in [0.1, 0.15) is 36.0 Å². The second-order valence-corrected chi connectivity index (χ2v) is 4.91. The van der Waals surface area contributed by atoms with Gasteiger partial charge in [0, 0.05) is 12.7 Å². The number of carbonyl (C=O) groups is 2. The molecule has 6 nitrogen and oxygen atoms in total. The van der Waals surface area contributed by atoms with Gasteiger partial charge in [-0.25, -0.2) is 0 Å². The fourth-order valence-electron chi connectivity index (χ4n) is 2.42. The standard InChI is InChI=1S/C13H16N2O4/c16-10-5-9(6-14-7-10)11(17)15-8-13(12(18)19)3-1-2-4-13/h5-7,16H,1-4,8H2,(H,15,17)(H,18,19). The number of hydrogen-bond donors (Lipinski definition) is 3. The first kappa shape index (κ1) is 13.3. The second kappa shape index (κ2) is 5.26. The molecule has 1 aliphatic carbocycles. The van der Waals surface area contributed by atoms with Crippen LogP contribution >= 0.6 is 0 Å². The molecule has 1 fully saturated rings. The third-order valence-corrected chi connectivity index (χ3v) is 3.59. The molecule has 1 aromatic rings. The molecule has 1 aromatic heterocycles. The second-order valence-electron chi connectivity index (χ2n) is 4.91. The molecule has 1 amide bonds. The van der Waals surface area contributed by atoms with Crippen LogP contribution in [0.5, 0.6) is 5.75 Å². The molecule has 0 unspecified atom stereocenters. The predicted molar refractivity (Wildman–Crippen MR) is 66.8 cm³/mol. The summed E-state index contributed by atoms with van der Waals surface area (Å²) in [5.74, 6) is -1.38. The zero-order chi connectivity index (χ0) is 13.9. The molecular formula is C13H16N2O4. The Morgan fingerprint density at radius 2 is 2.00 bits per heavy atom. The zero-order valence-electron chi connectivity index (χ0n) is 10.4. The van der Waals surface area contributed by atoms with Crippen molar-refractivity contribution in [1.82, 2.24) is 10.3 Å². The van der Waals surface area contributed by atoms with E-state index in [1.165, 1.54) is 18.5 Å². The predicted octanol–water partition coefficient (Wildman–Crippen LogP) is 1.16. The number of rotatable bonds is 4. The lowest BCUT2D eigenvalue weighted by atomic mass is 9.86. The highest BCUT2D eigenvalue weighted by atomic mass is 16.4. The lowest BCUT2D eigenvalue weighted by Gasteiger charge is -2.23. The van der Waals surface area contributed by atoms with Gasteiger partial charge in [0.1, 0.15) is 5.75 Å². The van der Waals surface area contributed by atoms with Gasteiger partial charge in [-0.1, -0.05) is 12.8 Å². The molecule has 3 N–H and O–H groups in total. The molecular weight excluding hydrogens is 248 g/mol. The number of hydrogen-bond acceptors (Lipinski definition) is 4. The third-order valence-electron chi connectivity index (χ3n) is 3.59. The van der Waals surface area contributed by atoms with E-state index in [9.17, 15) is 19.8 Å². The average Bonchev–Trinajstić information content (AvgIpc) is 2.86. The van der Waals surface area contributed by atoms with Crippen LogP contribution in [-0.2, 0) is 4.79 Å².